The molecule has 2 rings (SSSR count). The Morgan fingerprint density at radius 1 is 1.41 bits per heavy atom. The van der Waals surface area contributed by atoms with Crippen LogP contribution in [0.5, 0.6) is 0 Å². The maximum Gasteiger partial charge on any atom is 0.138 e. The van der Waals surface area contributed by atoms with Crippen LogP contribution in [0, 0.1) is 6.92 Å². The largest absolute Gasteiger partial charge is 0.330 e. The Morgan fingerprint density at radius 3 is 2.82 bits per heavy atom. The van der Waals surface area contributed by atoms with Gasteiger partial charge in [0, 0.05) is 13.0 Å². The van der Waals surface area contributed by atoms with E-state index >= 15 is 0 Å². The van der Waals surface area contributed by atoms with E-state index in [0.29, 0.717) is 6.54 Å². The molecule has 0 fully saturated rings. The molecule has 1 aromatic carbocycles. The minimum Gasteiger partial charge on any atom is -0.330 e. The number of aromatic nitrogens is 3. The molecule has 0 aliphatic rings. The Bertz CT molecular complexity index is 490. The third-order valence-corrected chi connectivity index (χ3v) is 2.96. The van der Waals surface area contributed by atoms with E-state index in [2.05, 4.69) is 41.3 Å². The maximum absolute atomic E-state index is 5.70. The Morgan fingerprint density at radius 2 is 2.24 bits per heavy atom. The first-order chi connectivity index (χ1) is 8.22. The molecule has 2 N–H and O–H groups in total. The quantitative estimate of drug-likeness (QED) is 0.868. The fraction of sp³-hybridized carbons (Fsp3) is 0.385. The highest BCUT2D eigenvalue weighted by Crippen LogP contribution is 2.25. The molecule has 4 nitrogen and oxygen atoms in total. The third kappa shape index (κ3) is 2.53. The molecule has 0 aliphatic carbocycles. The molecule has 0 saturated heterocycles. The van der Waals surface area contributed by atoms with Gasteiger partial charge in [-0.05, 0) is 25.5 Å². The zero-order chi connectivity index (χ0) is 12.3. The molecule has 90 valence electrons. The highest BCUT2D eigenvalue weighted by molar-refractivity contribution is 5.29. The Balaban J connectivity index is 2.39. The normalized spacial score (nSPS) is 12.6. The van der Waals surface area contributed by atoms with E-state index in [4.69, 9.17) is 5.73 Å². The molecule has 0 saturated carbocycles. The first kappa shape index (κ1) is 11.8. The minimum absolute atomic E-state index is 0.229. The van der Waals surface area contributed by atoms with E-state index in [1.807, 2.05) is 11.7 Å². The number of aryl methyl sites for hydroxylation is 2. The summed E-state index contributed by atoms with van der Waals surface area (Å²) < 4.78 is 1.82. The van der Waals surface area contributed by atoms with Crippen LogP contribution in [-0.4, -0.2) is 21.3 Å². The van der Waals surface area contributed by atoms with Crippen molar-refractivity contribution >= 4 is 0 Å². The summed E-state index contributed by atoms with van der Waals surface area (Å²) in [5.41, 5.74) is 8.22. The molecule has 2 aromatic rings. The predicted molar refractivity (Wildman–Crippen MR) is 67.7 cm³/mol. The average Bonchev–Trinajstić information content (AvgIpc) is 2.72. The first-order valence-electron chi connectivity index (χ1n) is 5.83. The van der Waals surface area contributed by atoms with Crippen LogP contribution in [-0.2, 0) is 7.05 Å². The van der Waals surface area contributed by atoms with Gasteiger partial charge < -0.3 is 5.73 Å². The van der Waals surface area contributed by atoms with Crippen LogP contribution in [0.25, 0.3) is 0 Å². The number of rotatable bonds is 4. The summed E-state index contributed by atoms with van der Waals surface area (Å²) in [6.45, 7) is 2.74. The standard InChI is InChI=1S/C13H18N4/c1-10-4-3-5-11(8-10)12(6-7-14)13-15-9-16-17(13)2/h3-5,8-9,12H,6-7,14H2,1-2H3. The number of benzene rings is 1. The van der Waals surface area contributed by atoms with Crippen LogP contribution in [0.1, 0.15) is 29.3 Å². The zero-order valence-electron chi connectivity index (χ0n) is 10.3. The SMILES string of the molecule is Cc1cccc(C(CCN)c2ncnn2C)c1. The van der Waals surface area contributed by atoms with Crippen LogP contribution in [0.4, 0.5) is 0 Å². The lowest BCUT2D eigenvalue weighted by Crippen LogP contribution is -2.13. The third-order valence-electron chi connectivity index (χ3n) is 2.96. The summed E-state index contributed by atoms with van der Waals surface area (Å²) in [5.74, 6) is 1.20. The van der Waals surface area contributed by atoms with E-state index in [9.17, 15) is 0 Å². The van der Waals surface area contributed by atoms with Gasteiger partial charge in [-0.1, -0.05) is 29.8 Å². The van der Waals surface area contributed by atoms with Crippen LogP contribution >= 0.6 is 0 Å². The van der Waals surface area contributed by atoms with Crippen molar-refractivity contribution in [3.05, 3.63) is 47.5 Å². The van der Waals surface area contributed by atoms with Gasteiger partial charge in [-0.15, -0.1) is 0 Å². The molecule has 1 aromatic heterocycles. The molecule has 0 spiro atoms. The fourth-order valence-corrected chi connectivity index (χ4v) is 2.12. The van der Waals surface area contributed by atoms with E-state index in [-0.39, 0.29) is 5.92 Å². The lowest BCUT2D eigenvalue weighted by atomic mass is 9.93. The van der Waals surface area contributed by atoms with Gasteiger partial charge in [-0.25, -0.2) is 4.98 Å². The van der Waals surface area contributed by atoms with Crippen molar-refractivity contribution in [2.45, 2.75) is 19.3 Å². The zero-order valence-corrected chi connectivity index (χ0v) is 10.3. The van der Waals surface area contributed by atoms with Crippen molar-refractivity contribution in [3.8, 4) is 0 Å². The van der Waals surface area contributed by atoms with Crippen molar-refractivity contribution in [1.82, 2.24) is 14.8 Å². The van der Waals surface area contributed by atoms with Crippen molar-refractivity contribution in [2.75, 3.05) is 6.54 Å². The highest BCUT2D eigenvalue weighted by Gasteiger charge is 2.18. The van der Waals surface area contributed by atoms with Crippen molar-refractivity contribution in [1.29, 1.82) is 0 Å². The molecule has 1 heterocycles. The second-order valence-corrected chi connectivity index (χ2v) is 4.29. The highest BCUT2D eigenvalue weighted by atomic mass is 15.3. The van der Waals surface area contributed by atoms with Gasteiger partial charge in [0.2, 0.25) is 0 Å². The molecule has 0 amide bonds. The Hall–Kier alpha value is -1.68. The minimum atomic E-state index is 0.229. The number of hydrogen-bond acceptors (Lipinski definition) is 3. The van der Waals surface area contributed by atoms with Gasteiger partial charge in [0.25, 0.3) is 0 Å². The van der Waals surface area contributed by atoms with Crippen molar-refractivity contribution in [2.24, 2.45) is 12.8 Å². The van der Waals surface area contributed by atoms with Crippen molar-refractivity contribution < 1.29 is 0 Å². The Labute approximate surface area is 101 Å². The number of hydrogen-bond donors (Lipinski definition) is 1. The molecule has 0 bridgehead atoms. The van der Waals surface area contributed by atoms with E-state index < -0.39 is 0 Å². The number of nitrogens with zero attached hydrogens (tertiary/aromatic N) is 3. The molecule has 1 atom stereocenters. The fourth-order valence-electron chi connectivity index (χ4n) is 2.12. The monoisotopic (exact) mass is 230 g/mol. The molecule has 0 radical (unpaired) electrons. The second kappa shape index (κ2) is 5.10. The molecule has 4 heteroatoms. The lowest BCUT2D eigenvalue weighted by molar-refractivity contribution is 0.616. The predicted octanol–water partition coefficient (Wildman–Crippen LogP) is 1.60. The average molecular weight is 230 g/mol. The summed E-state index contributed by atoms with van der Waals surface area (Å²) in [4.78, 5) is 4.34. The maximum atomic E-state index is 5.70. The van der Waals surface area contributed by atoms with E-state index in [1.54, 1.807) is 6.33 Å². The topological polar surface area (TPSA) is 56.7 Å². The summed E-state index contributed by atoms with van der Waals surface area (Å²) in [7, 11) is 1.92. The van der Waals surface area contributed by atoms with Crippen molar-refractivity contribution in [3.63, 3.8) is 0 Å². The molecular formula is C13H18N4. The van der Waals surface area contributed by atoms with Gasteiger partial charge >= 0.3 is 0 Å². The van der Waals surface area contributed by atoms with Gasteiger partial charge in [0.1, 0.15) is 12.2 Å². The van der Waals surface area contributed by atoms with Crippen LogP contribution in [0.2, 0.25) is 0 Å². The molecular weight excluding hydrogens is 212 g/mol. The summed E-state index contributed by atoms with van der Waals surface area (Å²) in [6.07, 6.45) is 2.48. The van der Waals surface area contributed by atoms with Crippen LogP contribution in [0.15, 0.2) is 30.6 Å². The number of nitrogens with two attached hydrogens (primary N) is 1. The molecule has 0 aliphatic heterocycles. The summed E-state index contributed by atoms with van der Waals surface area (Å²) in [6, 6.07) is 8.49. The van der Waals surface area contributed by atoms with Crippen LogP contribution < -0.4 is 5.73 Å². The van der Waals surface area contributed by atoms with Gasteiger partial charge in [0.15, 0.2) is 0 Å². The summed E-state index contributed by atoms with van der Waals surface area (Å²) in [5, 5.41) is 4.13. The Kier molecular flexibility index (Phi) is 3.54. The van der Waals surface area contributed by atoms with E-state index in [0.717, 1.165) is 12.2 Å². The lowest BCUT2D eigenvalue weighted by Gasteiger charge is -2.16. The van der Waals surface area contributed by atoms with Gasteiger partial charge in [-0.2, -0.15) is 5.10 Å². The van der Waals surface area contributed by atoms with Crippen LogP contribution in [0.3, 0.4) is 0 Å². The van der Waals surface area contributed by atoms with Gasteiger partial charge in [-0.3, -0.25) is 4.68 Å². The smallest absolute Gasteiger partial charge is 0.138 e. The van der Waals surface area contributed by atoms with Gasteiger partial charge in [0.05, 0.1) is 0 Å². The summed E-state index contributed by atoms with van der Waals surface area (Å²) >= 11 is 0. The van der Waals surface area contributed by atoms with E-state index in [1.165, 1.54) is 11.1 Å². The first-order valence-corrected chi connectivity index (χ1v) is 5.83. The molecule has 17 heavy (non-hydrogen) atoms. The second-order valence-electron chi connectivity index (χ2n) is 4.29. The molecule has 1 unspecified atom stereocenters.